The number of benzene rings is 2. The molecule has 2 N–H and O–H groups in total. The van der Waals surface area contributed by atoms with Gasteiger partial charge in [0.25, 0.3) is 0 Å². The number of hydrogen-bond acceptors (Lipinski definition) is 11. The van der Waals surface area contributed by atoms with E-state index in [1.165, 1.54) is 24.0 Å². The second-order valence-corrected chi connectivity index (χ2v) is 18.6. The molecule has 2 aliphatic rings. The summed E-state index contributed by atoms with van der Waals surface area (Å²) in [5.41, 5.74) is 1.75. The third kappa shape index (κ3) is 14.2. The predicted molar refractivity (Wildman–Crippen MR) is 203 cm³/mol. The summed E-state index contributed by atoms with van der Waals surface area (Å²) in [5.74, 6) is -0.980. The molecule has 3 heterocycles. The molecule has 2 fully saturated rings. The Morgan fingerprint density at radius 2 is 1.28 bits per heavy atom. The number of amides is 2. The Balaban J connectivity index is 0.000000474. The molecule has 0 spiro atoms. The van der Waals surface area contributed by atoms with Gasteiger partial charge in [-0.1, -0.05) is 88.9 Å². The van der Waals surface area contributed by atoms with Crippen molar-refractivity contribution in [3.05, 3.63) is 90.5 Å². The third-order valence-electron chi connectivity index (χ3n) is 9.04. The average Bonchev–Trinajstić information content (AvgIpc) is 3.92. The molecule has 0 aliphatic carbocycles. The van der Waals surface area contributed by atoms with Crippen LogP contribution in [0.3, 0.4) is 0 Å². The number of imidazole rings is 1. The Hall–Kier alpha value is -4.80. The summed E-state index contributed by atoms with van der Waals surface area (Å²) in [6, 6.07) is 17.2. The van der Waals surface area contributed by atoms with E-state index in [-0.39, 0.29) is 49.5 Å². The van der Waals surface area contributed by atoms with Crippen LogP contribution in [0.15, 0.2) is 79.4 Å². The molecule has 14 nitrogen and oxygen atoms in total. The molecule has 1 aromatic heterocycles. The number of likely N-dealkylation sites (tertiary alicyclic amines) is 2. The molecule has 0 radical (unpaired) electrons. The molecule has 300 valence electrons. The second-order valence-electron chi connectivity index (χ2n) is 13.8. The van der Waals surface area contributed by atoms with Gasteiger partial charge in [0.15, 0.2) is 8.32 Å². The number of halogens is 1. The summed E-state index contributed by atoms with van der Waals surface area (Å²) in [6.45, 7) is 11.5. The number of ether oxygens (including phenoxy) is 4. The van der Waals surface area contributed by atoms with Crippen molar-refractivity contribution in [3.8, 4) is 0 Å². The van der Waals surface area contributed by atoms with Gasteiger partial charge in [-0.05, 0) is 29.3 Å². The molecule has 0 unspecified atom stereocenters. The summed E-state index contributed by atoms with van der Waals surface area (Å²) < 4.78 is 26.5. The normalized spacial score (nSPS) is 19.0. The summed E-state index contributed by atoms with van der Waals surface area (Å²) >= 11 is 0. The second kappa shape index (κ2) is 22.4. The van der Waals surface area contributed by atoms with Gasteiger partial charge in [0.2, 0.25) is 0 Å². The number of aromatic nitrogens is 2. The van der Waals surface area contributed by atoms with Crippen LogP contribution in [0, 0.1) is 0 Å². The van der Waals surface area contributed by atoms with Crippen LogP contribution >= 0.6 is 0 Å². The van der Waals surface area contributed by atoms with Crippen LogP contribution < -0.4 is 0 Å². The lowest BCUT2D eigenvalue weighted by Crippen LogP contribution is -2.45. The lowest BCUT2D eigenvalue weighted by atomic mass is 10.2. The number of aromatic amines is 1. The van der Waals surface area contributed by atoms with E-state index >= 15 is 0 Å². The van der Waals surface area contributed by atoms with Crippen molar-refractivity contribution in [3.63, 3.8) is 0 Å². The van der Waals surface area contributed by atoms with Crippen molar-refractivity contribution in [2.24, 2.45) is 0 Å². The van der Waals surface area contributed by atoms with Crippen LogP contribution in [0.1, 0.15) is 52.2 Å². The number of carbonyl (C=O) groups excluding carboxylic acids is 4. The van der Waals surface area contributed by atoms with Crippen molar-refractivity contribution in [2.75, 3.05) is 27.3 Å². The molecule has 2 saturated heterocycles. The van der Waals surface area contributed by atoms with Crippen LogP contribution in [-0.2, 0) is 46.2 Å². The highest BCUT2D eigenvalue weighted by Gasteiger charge is 2.46. The zero-order valence-corrected chi connectivity index (χ0v) is 32.4. The van der Waals surface area contributed by atoms with Gasteiger partial charge in [0.05, 0.1) is 39.3 Å². The lowest BCUT2D eigenvalue weighted by Gasteiger charge is -2.38. The maximum atomic E-state index is 12.6. The highest BCUT2D eigenvalue weighted by atomic mass is 28.4. The molecule has 2 amide bonds. The van der Waals surface area contributed by atoms with Crippen molar-refractivity contribution in [1.82, 2.24) is 19.8 Å². The van der Waals surface area contributed by atoms with Crippen molar-refractivity contribution < 1.29 is 52.4 Å². The number of nitrogens with zero attached hydrogens (tertiary/aromatic N) is 3. The van der Waals surface area contributed by atoms with Gasteiger partial charge in [-0.25, -0.2) is 24.2 Å². The first-order chi connectivity index (χ1) is 24.7. The minimum atomic E-state index is -2.01. The number of H-pyrrole nitrogens is 1. The molecule has 16 heteroatoms. The molecule has 54 heavy (non-hydrogen) atoms. The van der Waals surface area contributed by atoms with E-state index in [1.54, 1.807) is 18.7 Å². The predicted octanol–water partition coefficient (Wildman–Crippen LogP) is 6.09. The molecule has 3 aromatic rings. The third-order valence-corrected chi connectivity index (χ3v) is 13.6. The Bertz CT molecular complexity index is 1530. The number of aliphatic hydroxyl groups is 1. The fourth-order valence-corrected chi connectivity index (χ4v) is 6.59. The topological polar surface area (TPSA) is 170 Å². The van der Waals surface area contributed by atoms with Crippen LogP contribution in [-0.4, -0.2) is 109 Å². The number of rotatable bonds is 8. The zero-order chi connectivity index (χ0) is 38.3. The highest BCUT2D eigenvalue weighted by molar-refractivity contribution is 6.74. The van der Waals surface area contributed by atoms with E-state index in [1.807, 2.05) is 60.7 Å². The smallest absolute Gasteiger partial charge is 0.410 e. The highest BCUT2D eigenvalue weighted by Crippen LogP contribution is 2.39. The van der Waals surface area contributed by atoms with Gasteiger partial charge in [-0.2, -0.15) is 0 Å². The first kappa shape index (κ1) is 47.2. The van der Waals surface area contributed by atoms with Gasteiger partial charge in [-0.3, -0.25) is 14.5 Å². The largest absolute Gasteiger partial charge is 0.467 e. The quantitative estimate of drug-likeness (QED) is 0.154. The van der Waals surface area contributed by atoms with E-state index in [2.05, 4.69) is 48.6 Å². The zero-order valence-electron chi connectivity index (χ0n) is 31.4. The molecule has 5 rings (SSSR count). The van der Waals surface area contributed by atoms with Gasteiger partial charge in [-0.15, -0.1) is 0 Å². The Labute approximate surface area is 318 Å². The van der Waals surface area contributed by atoms with Crippen LogP contribution in [0.5, 0.6) is 0 Å². The summed E-state index contributed by atoms with van der Waals surface area (Å²) in [6.07, 6.45) is 3.62. The molecule has 4 atom stereocenters. The van der Waals surface area contributed by atoms with Gasteiger partial charge in [0, 0.05) is 31.8 Å². The molecular formula is C38H57FN4O10Si. The first-order valence-electron chi connectivity index (χ1n) is 17.1. The minimum absolute atomic E-state index is 0. The van der Waals surface area contributed by atoms with Crippen molar-refractivity contribution in [2.45, 2.75) is 96.7 Å². The fraction of sp³-hybridized carbons (Fsp3) is 0.500. The maximum absolute atomic E-state index is 12.6. The van der Waals surface area contributed by atoms with Gasteiger partial charge < -0.3 is 33.5 Å². The van der Waals surface area contributed by atoms with E-state index in [0.717, 1.165) is 11.1 Å². The Morgan fingerprint density at radius 3 is 1.67 bits per heavy atom. The van der Waals surface area contributed by atoms with Crippen LogP contribution in [0.2, 0.25) is 18.1 Å². The number of aliphatic hydroxyl groups excluding tert-OH is 1. The number of nitrogens with one attached hydrogen (secondary N) is 1. The van der Waals surface area contributed by atoms with E-state index < -0.39 is 50.6 Å². The molecule has 0 saturated carbocycles. The average molecular weight is 777 g/mol. The lowest BCUT2D eigenvalue weighted by molar-refractivity contribution is -0.146. The number of hydrogen-bond donors (Lipinski definition) is 2. The number of methoxy groups -OCH3 is 2. The van der Waals surface area contributed by atoms with Crippen molar-refractivity contribution in [1.29, 1.82) is 0 Å². The summed E-state index contributed by atoms with van der Waals surface area (Å²) in [5, 5.41) is 9.64. The van der Waals surface area contributed by atoms with Gasteiger partial charge in [0.1, 0.15) is 25.3 Å². The molecule has 2 aromatic carbocycles. The van der Waals surface area contributed by atoms with E-state index in [0.29, 0.717) is 13.0 Å². The minimum Gasteiger partial charge on any atom is -0.467 e. The van der Waals surface area contributed by atoms with E-state index in [9.17, 15) is 24.3 Å². The number of β-amino-alcohol motifs (C(OH)–C–C–N with tert-alkyl or cyclic N) is 1. The van der Waals surface area contributed by atoms with Crippen LogP contribution in [0.25, 0.3) is 0 Å². The SMILES string of the molecule is C.COC(=O)[C@H]1C[C@@H](O)CN1C(=O)OCc1ccccc1.COC(=O)[C@H]1C[C@@H](O[Si](C)(C)C(C)(C)C)CN1C(=O)OCc1ccccc1.F.c1c[nH]cn1. The van der Waals surface area contributed by atoms with Gasteiger partial charge >= 0.3 is 24.1 Å². The summed E-state index contributed by atoms with van der Waals surface area (Å²) in [4.78, 5) is 57.4. The fourth-order valence-electron chi connectivity index (χ4n) is 5.23. The Morgan fingerprint density at radius 1 is 0.815 bits per heavy atom. The standard InChI is InChI=1S/C20H31NO5Si.C14H17NO5.C3H4N2.CH4.FH/c1-20(2,3)27(5,6)26-16-12-17(18(22)24-4)21(13-16)19(23)25-14-15-10-8-7-9-11-15;1-19-13(17)12-7-11(16)8-15(12)14(18)20-9-10-5-3-2-4-6-10;1-2-5-3-4-1;;/h7-11,16-17H,12-14H2,1-6H3;2-6,11-12,16H,7-9H2,1H3;1-3H,(H,4,5);1H4;1H/t16-,17-;11-,12-;;;/m11.../s1. The van der Waals surface area contributed by atoms with Crippen molar-refractivity contribution >= 4 is 32.4 Å². The molecule has 2 aliphatic heterocycles. The number of esters is 2. The van der Waals surface area contributed by atoms with E-state index in [4.69, 9.17) is 18.6 Å². The molecular weight excluding hydrogens is 720 g/mol. The maximum Gasteiger partial charge on any atom is 0.410 e. The number of carbonyl (C=O) groups is 4. The first-order valence-corrected chi connectivity index (χ1v) is 20.0. The monoisotopic (exact) mass is 776 g/mol. The summed E-state index contributed by atoms with van der Waals surface area (Å²) in [7, 11) is 0.571. The molecule has 0 bridgehead atoms. The van der Waals surface area contributed by atoms with Crippen LogP contribution in [0.4, 0.5) is 14.3 Å². The Kier molecular flexibility index (Phi) is 19.6.